The lowest BCUT2D eigenvalue weighted by atomic mass is 10.0. The van der Waals surface area contributed by atoms with E-state index in [1.807, 2.05) is 13.8 Å². The summed E-state index contributed by atoms with van der Waals surface area (Å²) in [6.07, 6.45) is 1.09. The van der Waals surface area contributed by atoms with Crippen LogP contribution >= 0.6 is 11.6 Å². The Hall–Kier alpha value is -3.27. The molecule has 3 aromatic carbocycles. The molecule has 4 atom stereocenters. The summed E-state index contributed by atoms with van der Waals surface area (Å²) in [5.74, 6) is -1.29. The summed E-state index contributed by atoms with van der Waals surface area (Å²) in [6.45, 7) is 5.42. The molecule has 1 amide bonds. The molecule has 1 aliphatic heterocycles. The molecule has 2 N–H and O–H groups in total. The number of sulfonamides is 2. The highest BCUT2D eigenvalue weighted by Gasteiger charge is 2.32. The normalized spacial score (nSPS) is 20.6. The van der Waals surface area contributed by atoms with E-state index in [0.717, 1.165) is 30.7 Å². The molecule has 0 saturated carbocycles. The van der Waals surface area contributed by atoms with Gasteiger partial charge in [-0.1, -0.05) is 18.5 Å². The lowest BCUT2D eigenvalue weighted by Gasteiger charge is -2.35. The maximum atomic E-state index is 14.3. The molecule has 268 valence electrons. The molecule has 0 radical (unpaired) electrons. The van der Waals surface area contributed by atoms with E-state index < -0.39 is 49.8 Å². The summed E-state index contributed by atoms with van der Waals surface area (Å²) >= 11 is 5.97. The SMILES string of the molecule is C[C@H](CO)N1C[C@H](C)[C@H](CN(C)S(=O)(=O)c2ccc(Cl)cc2)OCCCC[C@H](C)Oc2ccc(NS(=O)(=O)c3ccc(F)cc3)cc2C1=O. The number of rotatable bonds is 9. The van der Waals surface area contributed by atoms with Gasteiger partial charge >= 0.3 is 0 Å². The average Bonchev–Trinajstić information content (AvgIpc) is 3.06. The predicted molar refractivity (Wildman–Crippen MR) is 185 cm³/mol. The number of carbonyl (C=O) groups excluding carboxylic acids is 1. The van der Waals surface area contributed by atoms with Crippen molar-refractivity contribution >= 4 is 43.2 Å². The van der Waals surface area contributed by atoms with Crippen LogP contribution in [0.25, 0.3) is 0 Å². The number of hydrogen-bond acceptors (Lipinski definition) is 8. The van der Waals surface area contributed by atoms with Gasteiger partial charge in [0.2, 0.25) is 10.0 Å². The number of aliphatic hydroxyl groups is 1. The molecule has 11 nitrogen and oxygen atoms in total. The number of carbonyl (C=O) groups is 1. The van der Waals surface area contributed by atoms with Crippen molar-refractivity contribution in [3.8, 4) is 5.75 Å². The molecule has 0 aliphatic carbocycles. The third kappa shape index (κ3) is 9.92. The first kappa shape index (κ1) is 38.5. The first-order valence-electron chi connectivity index (χ1n) is 16.0. The molecule has 1 heterocycles. The van der Waals surface area contributed by atoms with Crippen molar-refractivity contribution in [2.45, 2.75) is 68.1 Å². The number of anilines is 1. The number of fused-ring (bicyclic) bond motifs is 1. The maximum Gasteiger partial charge on any atom is 0.261 e. The van der Waals surface area contributed by atoms with E-state index in [1.165, 1.54) is 58.7 Å². The third-order valence-electron chi connectivity index (χ3n) is 8.39. The molecule has 15 heteroatoms. The van der Waals surface area contributed by atoms with Gasteiger partial charge in [0.25, 0.3) is 15.9 Å². The molecule has 4 rings (SSSR count). The lowest BCUT2D eigenvalue weighted by molar-refractivity contribution is -0.00833. The van der Waals surface area contributed by atoms with E-state index in [-0.39, 0.29) is 52.6 Å². The predicted octanol–water partition coefficient (Wildman–Crippen LogP) is 5.40. The van der Waals surface area contributed by atoms with Crippen LogP contribution in [0.1, 0.15) is 50.4 Å². The van der Waals surface area contributed by atoms with Crippen LogP contribution in [0, 0.1) is 11.7 Å². The summed E-state index contributed by atoms with van der Waals surface area (Å²) in [6, 6.07) is 13.9. The number of ether oxygens (including phenoxy) is 2. The minimum Gasteiger partial charge on any atom is -0.490 e. The average molecular weight is 740 g/mol. The summed E-state index contributed by atoms with van der Waals surface area (Å²) in [4.78, 5) is 15.7. The van der Waals surface area contributed by atoms with Crippen LogP contribution in [0.5, 0.6) is 5.75 Å². The van der Waals surface area contributed by atoms with Crippen molar-refractivity contribution < 1.29 is 40.6 Å². The van der Waals surface area contributed by atoms with Gasteiger partial charge in [0, 0.05) is 43.4 Å². The fraction of sp³-hybridized carbons (Fsp3) is 0.441. The number of hydrogen-bond donors (Lipinski definition) is 2. The Morgan fingerprint density at radius 3 is 2.33 bits per heavy atom. The van der Waals surface area contributed by atoms with Crippen LogP contribution in [0.3, 0.4) is 0 Å². The number of nitrogens with one attached hydrogen (secondary N) is 1. The zero-order valence-electron chi connectivity index (χ0n) is 27.9. The molecular formula is C34H43ClFN3O8S2. The van der Waals surface area contributed by atoms with Gasteiger partial charge < -0.3 is 19.5 Å². The topological polar surface area (TPSA) is 143 Å². The first-order valence-corrected chi connectivity index (χ1v) is 19.3. The Balaban J connectivity index is 1.67. The molecule has 0 spiro atoms. The molecular weight excluding hydrogens is 697 g/mol. The molecule has 1 aliphatic rings. The molecule has 0 aromatic heterocycles. The van der Waals surface area contributed by atoms with Crippen LogP contribution in [0.15, 0.2) is 76.5 Å². The van der Waals surface area contributed by atoms with Crippen LogP contribution in [-0.2, 0) is 24.8 Å². The first-order chi connectivity index (χ1) is 23.1. The second-order valence-corrected chi connectivity index (χ2v) is 16.5. The van der Waals surface area contributed by atoms with E-state index in [0.29, 0.717) is 24.5 Å². The molecule has 0 bridgehead atoms. The lowest BCUT2D eigenvalue weighted by Crippen LogP contribution is -2.48. The number of amides is 1. The summed E-state index contributed by atoms with van der Waals surface area (Å²) in [5, 5.41) is 10.6. The van der Waals surface area contributed by atoms with Gasteiger partial charge in [0.15, 0.2) is 0 Å². The van der Waals surface area contributed by atoms with Crippen molar-refractivity contribution in [1.82, 2.24) is 9.21 Å². The second-order valence-electron chi connectivity index (χ2n) is 12.3. The van der Waals surface area contributed by atoms with Gasteiger partial charge in [-0.25, -0.2) is 21.2 Å². The number of likely N-dealkylation sites (N-methyl/N-ethyl adjacent to an activating group) is 1. The number of halogens is 2. The summed E-state index contributed by atoms with van der Waals surface area (Å²) < 4.78 is 82.6. The highest BCUT2D eigenvalue weighted by atomic mass is 35.5. The summed E-state index contributed by atoms with van der Waals surface area (Å²) in [7, 11) is -6.55. The van der Waals surface area contributed by atoms with Gasteiger partial charge in [-0.05, 0) is 99.8 Å². The summed E-state index contributed by atoms with van der Waals surface area (Å²) in [5.41, 5.74) is 0.143. The Morgan fingerprint density at radius 2 is 1.67 bits per heavy atom. The molecule has 0 saturated heterocycles. The van der Waals surface area contributed by atoms with Gasteiger partial charge in [-0.3, -0.25) is 9.52 Å². The van der Waals surface area contributed by atoms with E-state index in [2.05, 4.69) is 4.72 Å². The van der Waals surface area contributed by atoms with Gasteiger partial charge in [0.1, 0.15) is 11.6 Å². The zero-order valence-corrected chi connectivity index (χ0v) is 30.3. The largest absolute Gasteiger partial charge is 0.490 e. The quantitative estimate of drug-likeness (QED) is 0.297. The fourth-order valence-corrected chi connectivity index (χ4v) is 7.77. The van der Waals surface area contributed by atoms with E-state index in [9.17, 15) is 31.1 Å². The van der Waals surface area contributed by atoms with Gasteiger partial charge in [0.05, 0.1) is 40.2 Å². The van der Waals surface area contributed by atoms with Crippen molar-refractivity contribution in [1.29, 1.82) is 0 Å². The van der Waals surface area contributed by atoms with E-state index in [1.54, 1.807) is 6.92 Å². The van der Waals surface area contributed by atoms with Crippen LogP contribution in [0.4, 0.5) is 10.1 Å². The monoisotopic (exact) mass is 739 g/mol. The Bertz CT molecular complexity index is 1790. The fourth-order valence-electron chi connectivity index (χ4n) is 5.41. The van der Waals surface area contributed by atoms with Crippen LogP contribution in [-0.4, -0.2) is 88.7 Å². The third-order valence-corrected chi connectivity index (χ3v) is 11.9. The van der Waals surface area contributed by atoms with Crippen molar-refractivity contribution in [2.24, 2.45) is 5.92 Å². The number of aliphatic hydroxyl groups excluding tert-OH is 1. The smallest absolute Gasteiger partial charge is 0.261 e. The van der Waals surface area contributed by atoms with Gasteiger partial charge in [-0.2, -0.15) is 4.31 Å². The minimum atomic E-state index is -4.13. The van der Waals surface area contributed by atoms with E-state index in [4.69, 9.17) is 21.1 Å². The van der Waals surface area contributed by atoms with Crippen molar-refractivity contribution in [3.63, 3.8) is 0 Å². The molecule has 0 fully saturated rings. The highest BCUT2D eigenvalue weighted by molar-refractivity contribution is 7.92. The molecule has 49 heavy (non-hydrogen) atoms. The van der Waals surface area contributed by atoms with Crippen LogP contribution < -0.4 is 9.46 Å². The highest BCUT2D eigenvalue weighted by Crippen LogP contribution is 2.30. The van der Waals surface area contributed by atoms with Crippen molar-refractivity contribution in [2.75, 3.05) is 38.1 Å². The number of nitrogens with zero attached hydrogens (tertiary/aromatic N) is 2. The maximum absolute atomic E-state index is 14.3. The zero-order chi connectivity index (χ0) is 35.9. The van der Waals surface area contributed by atoms with Crippen molar-refractivity contribution in [3.05, 3.63) is 83.1 Å². The number of benzene rings is 3. The van der Waals surface area contributed by atoms with Gasteiger partial charge in [-0.15, -0.1) is 0 Å². The van der Waals surface area contributed by atoms with Crippen LogP contribution in [0.2, 0.25) is 5.02 Å². The second kappa shape index (κ2) is 16.6. The molecule has 3 aromatic rings. The molecule has 0 unspecified atom stereocenters. The van der Waals surface area contributed by atoms with E-state index >= 15 is 0 Å². The Labute approximate surface area is 293 Å². The Kier molecular flexibility index (Phi) is 13.1. The standard InChI is InChI=1S/C34H43ClFN3O8S2/c1-23-20-39(24(2)22-40)34(41)31-19-28(37-48(42,43)29-15-10-27(36)11-16-29)12-17-32(31)47-25(3)7-5-6-18-46-33(23)21-38(4)49(44,45)30-13-8-26(35)9-14-30/h8-17,19,23-25,33,37,40H,5-7,18,20-22H2,1-4H3/t23-,24+,25-,33-/m0/s1. The minimum absolute atomic E-state index is 0.00687. The Morgan fingerprint density at radius 1 is 1.02 bits per heavy atom.